The standard InChI is InChI=1S/C12H23N3O3/c1-6-15(7-11(17)13-8(2)3)12(18)9(4)14-10(5)16/h8-9H,6-7H2,1-5H3,(H,13,17)(H,14,16). The van der Waals surface area contributed by atoms with Gasteiger partial charge in [0.25, 0.3) is 0 Å². The second-order valence-electron chi connectivity index (χ2n) is 4.50. The molecule has 0 saturated heterocycles. The van der Waals surface area contributed by atoms with Crippen LogP contribution < -0.4 is 10.6 Å². The molecule has 0 saturated carbocycles. The van der Waals surface area contributed by atoms with E-state index in [0.717, 1.165) is 0 Å². The van der Waals surface area contributed by atoms with E-state index in [1.54, 1.807) is 13.8 Å². The minimum Gasteiger partial charge on any atom is -0.352 e. The topological polar surface area (TPSA) is 78.5 Å². The Morgan fingerprint density at radius 2 is 1.67 bits per heavy atom. The third kappa shape index (κ3) is 6.22. The Bertz CT molecular complexity index is 316. The molecule has 0 spiro atoms. The number of carbonyl (C=O) groups is 3. The van der Waals surface area contributed by atoms with Gasteiger partial charge in [-0.2, -0.15) is 0 Å². The first-order valence-corrected chi connectivity index (χ1v) is 6.13. The summed E-state index contributed by atoms with van der Waals surface area (Å²) < 4.78 is 0. The third-order valence-corrected chi connectivity index (χ3v) is 2.27. The highest BCUT2D eigenvalue weighted by molar-refractivity contribution is 5.89. The predicted octanol–water partition coefficient (Wildman–Crippen LogP) is -0.116. The zero-order valence-electron chi connectivity index (χ0n) is 11.7. The van der Waals surface area contributed by atoms with E-state index in [0.29, 0.717) is 6.54 Å². The van der Waals surface area contributed by atoms with Crippen LogP contribution >= 0.6 is 0 Å². The normalized spacial score (nSPS) is 11.9. The van der Waals surface area contributed by atoms with Crippen molar-refractivity contribution in [2.75, 3.05) is 13.1 Å². The van der Waals surface area contributed by atoms with Crippen molar-refractivity contribution in [3.63, 3.8) is 0 Å². The number of hydrogen-bond donors (Lipinski definition) is 2. The predicted molar refractivity (Wildman–Crippen MR) is 68.8 cm³/mol. The van der Waals surface area contributed by atoms with E-state index in [1.807, 2.05) is 13.8 Å². The quantitative estimate of drug-likeness (QED) is 0.696. The molecule has 6 heteroatoms. The van der Waals surface area contributed by atoms with Gasteiger partial charge in [0.1, 0.15) is 6.04 Å². The number of nitrogens with one attached hydrogen (secondary N) is 2. The fourth-order valence-electron chi connectivity index (χ4n) is 1.53. The van der Waals surface area contributed by atoms with Crippen LogP contribution in [0.2, 0.25) is 0 Å². The molecule has 2 N–H and O–H groups in total. The van der Waals surface area contributed by atoms with Gasteiger partial charge >= 0.3 is 0 Å². The number of likely N-dealkylation sites (N-methyl/N-ethyl adjacent to an activating group) is 1. The molecule has 1 atom stereocenters. The third-order valence-electron chi connectivity index (χ3n) is 2.27. The monoisotopic (exact) mass is 257 g/mol. The summed E-state index contributed by atoms with van der Waals surface area (Å²) in [5.74, 6) is -0.722. The molecular weight excluding hydrogens is 234 g/mol. The summed E-state index contributed by atoms with van der Waals surface area (Å²) in [6.07, 6.45) is 0. The summed E-state index contributed by atoms with van der Waals surface area (Å²) in [6.45, 7) is 8.90. The van der Waals surface area contributed by atoms with Crippen LogP contribution in [-0.4, -0.2) is 47.8 Å². The average Bonchev–Trinajstić information content (AvgIpc) is 2.22. The van der Waals surface area contributed by atoms with Gasteiger partial charge in [-0.1, -0.05) is 0 Å². The number of amides is 3. The van der Waals surface area contributed by atoms with Crippen molar-refractivity contribution in [1.82, 2.24) is 15.5 Å². The van der Waals surface area contributed by atoms with E-state index < -0.39 is 6.04 Å². The first kappa shape index (κ1) is 16.4. The molecule has 0 aromatic rings. The van der Waals surface area contributed by atoms with Crippen LogP contribution in [0.15, 0.2) is 0 Å². The largest absolute Gasteiger partial charge is 0.352 e. The molecule has 0 aromatic carbocycles. The summed E-state index contributed by atoms with van der Waals surface area (Å²) in [7, 11) is 0. The lowest BCUT2D eigenvalue weighted by atomic mass is 10.2. The van der Waals surface area contributed by atoms with Crippen molar-refractivity contribution >= 4 is 17.7 Å². The second-order valence-corrected chi connectivity index (χ2v) is 4.50. The van der Waals surface area contributed by atoms with Gasteiger partial charge in [-0.05, 0) is 27.7 Å². The van der Waals surface area contributed by atoms with Crippen LogP contribution in [0.5, 0.6) is 0 Å². The van der Waals surface area contributed by atoms with E-state index >= 15 is 0 Å². The molecule has 0 bridgehead atoms. The van der Waals surface area contributed by atoms with Gasteiger partial charge in [-0.3, -0.25) is 14.4 Å². The maximum absolute atomic E-state index is 12.0. The van der Waals surface area contributed by atoms with E-state index in [9.17, 15) is 14.4 Å². The first-order valence-electron chi connectivity index (χ1n) is 6.13. The minimum atomic E-state index is -0.616. The van der Waals surface area contributed by atoms with Gasteiger partial charge in [-0.15, -0.1) is 0 Å². The summed E-state index contributed by atoms with van der Waals surface area (Å²) in [5.41, 5.74) is 0. The first-order chi connectivity index (χ1) is 8.27. The van der Waals surface area contributed by atoms with Gasteiger partial charge in [0, 0.05) is 19.5 Å². The number of rotatable bonds is 6. The Kier molecular flexibility index (Phi) is 7.00. The number of hydrogen-bond acceptors (Lipinski definition) is 3. The summed E-state index contributed by atoms with van der Waals surface area (Å²) in [6, 6.07) is -0.576. The summed E-state index contributed by atoms with van der Waals surface area (Å²) in [4.78, 5) is 35.8. The summed E-state index contributed by atoms with van der Waals surface area (Å²) in [5, 5.41) is 5.23. The highest BCUT2D eigenvalue weighted by Crippen LogP contribution is 1.96. The fourth-order valence-corrected chi connectivity index (χ4v) is 1.53. The van der Waals surface area contributed by atoms with E-state index in [2.05, 4.69) is 10.6 Å². The fraction of sp³-hybridized carbons (Fsp3) is 0.750. The van der Waals surface area contributed by atoms with Gasteiger partial charge < -0.3 is 15.5 Å². The Morgan fingerprint density at radius 3 is 2.06 bits per heavy atom. The molecular formula is C12H23N3O3. The van der Waals surface area contributed by atoms with E-state index in [-0.39, 0.29) is 30.3 Å². The molecule has 0 fully saturated rings. The molecule has 0 aliphatic rings. The second kappa shape index (κ2) is 7.68. The molecule has 0 radical (unpaired) electrons. The zero-order valence-corrected chi connectivity index (χ0v) is 11.7. The smallest absolute Gasteiger partial charge is 0.245 e. The lowest BCUT2D eigenvalue weighted by Crippen LogP contribution is -2.50. The lowest BCUT2D eigenvalue weighted by Gasteiger charge is -2.24. The molecule has 0 heterocycles. The minimum absolute atomic E-state index is 0.0113. The number of carbonyl (C=O) groups excluding carboxylic acids is 3. The van der Waals surface area contributed by atoms with Crippen molar-refractivity contribution in [3.8, 4) is 0 Å². The molecule has 0 aliphatic carbocycles. The molecule has 1 unspecified atom stereocenters. The highest BCUT2D eigenvalue weighted by atomic mass is 16.2. The average molecular weight is 257 g/mol. The van der Waals surface area contributed by atoms with Gasteiger partial charge in [0.2, 0.25) is 17.7 Å². The molecule has 18 heavy (non-hydrogen) atoms. The summed E-state index contributed by atoms with van der Waals surface area (Å²) >= 11 is 0. The molecule has 104 valence electrons. The molecule has 0 rings (SSSR count). The maximum Gasteiger partial charge on any atom is 0.245 e. The van der Waals surface area contributed by atoms with Gasteiger partial charge in [0.15, 0.2) is 0 Å². The van der Waals surface area contributed by atoms with Crippen molar-refractivity contribution < 1.29 is 14.4 Å². The van der Waals surface area contributed by atoms with Crippen LogP contribution in [-0.2, 0) is 14.4 Å². The maximum atomic E-state index is 12.0. The van der Waals surface area contributed by atoms with Crippen LogP contribution in [0.4, 0.5) is 0 Å². The Labute approximate surface area is 108 Å². The van der Waals surface area contributed by atoms with Crippen molar-refractivity contribution in [2.45, 2.75) is 46.7 Å². The van der Waals surface area contributed by atoms with Crippen molar-refractivity contribution in [3.05, 3.63) is 0 Å². The zero-order chi connectivity index (χ0) is 14.3. The lowest BCUT2D eigenvalue weighted by molar-refractivity contribution is -0.138. The highest BCUT2D eigenvalue weighted by Gasteiger charge is 2.21. The van der Waals surface area contributed by atoms with Crippen LogP contribution in [0.25, 0.3) is 0 Å². The van der Waals surface area contributed by atoms with Crippen LogP contribution in [0, 0.1) is 0 Å². The van der Waals surface area contributed by atoms with Crippen molar-refractivity contribution in [1.29, 1.82) is 0 Å². The van der Waals surface area contributed by atoms with Gasteiger partial charge in [0.05, 0.1) is 6.54 Å². The van der Waals surface area contributed by atoms with E-state index in [1.165, 1.54) is 11.8 Å². The van der Waals surface area contributed by atoms with Crippen LogP contribution in [0.3, 0.4) is 0 Å². The molecule has 6 nitrogen and oxygen atoms in total. The molecule has 0 aromatic heterocycles. The molecule has 0 aliphatic heterocycles. The number of nitrogens with zero attached hydrogens (tertiary/aromatic N) is 1. The van der Waals surface area contributed by atoms with Crippen LogP contribution in [0.1, 0.15) is 34.6 Å². The Balaban J connectivity index is 4.44. The van der Waals surface area contributed by atoms with Gasteiger partial charge in [-0.25, -0.2) is 0 Å². The Hall–Kier alpha value is -1.59. The van der Waals surface area contributed by atoms with E-state index in [4.69, 9.17) is 0 Å². The van der Waals surface area contributed by atoms with Crippen molar-refractivity contribution in [2.24, 2.45) is 0 Å². The SMILES string of the molecule is CCN(CC(=O)NC(C)C)C(=O)C(C)NC(C)=O. The Morgan fingerprint density at radius 1 is 1.11 bits per heavy atom. The molecule has 3 amide bonds.